The molecule has 0 fully saturated rings. The second-order valence-electron chi connectivity index (χ2n) is 11.3. The second-order valence-corrected chi connectivity index (χ2v) is 12.4. The number of nitrogens with zero attached hydrogens (tertiary/aromatic N) is 1. The highest BCUT2D eigenvalue weighted by Gasteiger charge is 2.19. The molecular formula is C40H23NO2S. The molecule has 0 N–H and O–H groups in total. The van der Waals surface area contributed by atoms with E-state index in [2.05, 4.69) is 120 Å². The largest absolute Gasteiger partial charge is 0.456 e. The first-order valence-electron chi connectivity index (χ1n) is 14.8. The van der Waals surface area contributed by atoms with Gasteiger partial charge in [0.1, 0.15) is 22.3 Å². The van der Waals surface area contributed by atoms with Crippen molar-refractivity contribution in [1.82, 2.24) is 0 Å². The molecule has 3 aromatic heterocycles. The van der Waals surface area contributed by atoms with Gasteiger partial charge < -0.3 is 13.7 Å². The monoisotopic (exact) mass is 581 g/mol. The molecule has 3 nitrogen and oxygen atoms in total. The van der Waals surface area contributed by atoms with E-state index >= 15 is 0 Å². The van der Waals surface area contributed by atoms with E-state index in [0.717, 1.165) is 60.9 Å². The third kappa shape index (κ3) is 3.43. The van der Waals surface area contributed by atoms with E-state index in [1.54, 1.807) is 0 Å². The van der Waals surface area contributed by atoms with Crippen LogP contribution in [-0.2, 0) is 0 Å². The van der Waals surface area contributed by atoms with Gasteiger partial charge in [0.2, 0.25) is 0 Å². The molecule has 0 saturated heterocycles. The maximum atomic E-state index is 6.35. The Hall–Kier alpha value is -5.58. The van der Waals surface area contributed by atoms with Crippen LogP contribution in [0.5, 0.6) is 0 Å². The number of hydrogen-bond acceptors (Lipinski definition) is 4. The van der Waals surface area contributed by atoms with Gasteiger partial charge in [-0.3, -0.25) is 0 Å². The third-order valence-corrected chi connectivity index (χ3v) is 9.98. The lowest BCUT2D eigenvalue weighted by atomic mass is 10.0. The fourth-order valence-corrected chi connectivity index (χ4v) is 7.95. The summed E-state index contributed by atoms with van der Waals surface area (Å²) in [5, 5.41) is 9.56. The molecule has 10 aromatic rings. The Kier molecular flexibility index (Phi) is 4.87. The molecule has 206 valence electrons. The topological polar surface area (TPSA) is 29.5 Å². The average Bonchev–Trinajstić information content (AvgIpc) is 3.75. The van der Waals surface area contributed by atoms with Gasteiger partial charge in [0, 0.05) is 70.9 Å². The van der Waals surface area contributed by atoms with E-state index in [-0.39, 0.29) is 0 Å². The summed E-state index contributed by atoms with van der Waals surface area (Å²) in [4.78, 5) is 2.31. The van der Waals surface area contributed by atoms with E-state index in [9.17, 15) is 0 Å². The van der Waals surface area contributed by atoms with Crippen molar-refractivity contribution in [1.29, 1.82) is 0 Å². The zero-order valence-corrected chi connectivity index (χ0v) is 24.3. The summed E-state index contributed by atoms with van der Waals surface area (Å²) in [6, 6.07) is 49.5. The molecule has 0 unspecified atom stereocenters. The summed E-state index contributed by atoms with van der Waals surface area (Å²) in [6.07, 6.45) is 0. The Balaban J connectivity index is 1.24. The van der Waals surface area contributed by atoms with Crippen LogP contribution in [0.2, 0.25) is 0 Å². The van der Waals surface area contributed by atoms with Gasteiger partial charge in [-0.2, -0.15) is 0 Å². The fourth-order valence-electron chi connectivity index (χ4n) is 6.82. The van der Waals surface area contributed by atoms with Crippen LogP contribution >= 0.6 is 11.3 Å². The van der Waals surface area contributed by atoms with Crippen LogP contribution in [0.3, 0.4) is 0 Å². The zero-order chi connectivity index (χ0) is 28.8. The predicted molar refractivity (Wildman–Crippen MR) is 186 cm³/mol. The van der Waals surface area contributed by atoms with Crippen LogP contribution in [0.4, 0.5) is 17.1 Å². The highest BCUT2D eigenvalue weighted by atomic mass is 32.1. The van der Waals surface area contributed by atoms with Crippen molar-refractivity contribution in [2.24, 2.45) is 0 Å². The molecule has 0 amide bonds. The average molecular weight is 582 g/mol. The molecule has 0 aliphatic rings. The normalized spacial score (nSPS) is 12.1. The van der Waals surface area contributed by atoms with E-state index in [1.807, 2.05) is 35.6 Å². The molecule has 0 saturated carbocycles. The highest BCUT2D eigenvalue weighted by Crippen LogP contribution is 2.44. The molecule has 7 aromatic carbocycles. The lowest BCUT2D eigenvalue weighted by Gasteiger charge is -2.26. The summed E-state index contributed by atoms with van der Waals surface area (Å²) >= 11 is 1.85. The SMILES string of the molecule is c1ccc2c(c1)oc1cc(N(c3ccc4c(c3)oc3ccccc34)c3ccc4ccc5sc6ccccc6c5c4c3)ccc12. The highest BCUT2D eigenvalue weighted by molar-refractivity contribution is 7.26. The predicted octanol–water partition coefficient (Wildman–Crippen LogP) is 12.5. The molecule has 0 spiro atoms. The van der Waals surface area contributed by atoms with Crippen molar-refractivity contribution in [2.45, 2.75) is 0 Å². The molecule has 0 bridgehead atoms. The summed E-state index contributed by atoms with van der Waals surface area (Å²) in [5.74, 6) is 0. The zero-order valence-electron chi connectivity index (χ0n) is 23.5. The van der Waals surface area contributed by atoms with Crippen molar-refractivity contribution in [3.05, 3.63) is 140 Å². The summed E-state index contributed by atoms with van der Waals surface area (Å²) < 4.78 is 15.3. The van der Waals surface area contributed by atoms with Gasteiger partial charge in [-0.05, 0) is 71.4 Å². The number of para-hydroxylation sites is 2. The van der Waals surface area contributed by atoms with Gasteiger partial charge in [0.15, 0.2) is 0 Å². The standard InChI is InChI=1S/C40H23NO2S/c1-4-10-34-28(7-1)30-18-16-26(22-36(30)42-34)41(27-17-19-31-29-8-2-5-11-35(29)43-37(31)23-27)25-15-13-24-14-20-39-40(33(24)21-25)32-9-3-6-12-38(32)44-39/h1-23H. The van der Waals surface area contributed by atoms with Crippen molar-refractivity contribution in [2.75, 3.05) is 4.90 Å². The maximum absolute atomic E-state index is 6.35. The molecule has 0 aliphatic heterocycles. The van der Waals surface area contributed by atoms with E-state index in [1.165, 1.54) is 30.9 Å². The van der Waals surface area contributed by atoms with E-state index in [0.29, 0.717) is 0 Å². The molecule has 0 atom stereocenters. The number of hydrogen-bond donors (Lipinski definition) is 0. The van der Waals surface area contributed by atoms with Gasteiger partial charge in [-0.15, -0.1) is 11.3 Å². The van der Waals surface area contributed by atoms with E-state index < -0.39 is 0 Å². The van der Waals surface area contributed by atoms with Crippen LogP contribution in [0, 0.1) is 0 Å². The summed E-state index contributed by atoms with van der Waals surface area (Å²) in [6.45, 7) is 0. The first-order chi connectivity index (χ1) is 21.8. The van der Waals surface area contributed by atoms with Gasteiger partial charge >= 0.3 is 0 Å². The van der Waals surface area contributed by atoms with Crippen molar-refractivity contribution in [3.63, 3.8) is 0 Å². The van der Waals surface area contributed by atoms with Crippen LogP contribution < -0.4 is 4.90 Å². The first-order valence-corrected chi connectivity index (χ1v) is 15.6. The number of thiophene rings is 1. The minimum atomic E-state index is 0.866. The number of anilines is 3. The Morgan fingerprint density at radius 2 is 0.909 bits per heavy atom. The summed E-state index contributed by atoms with van der Waals surface area (Å²) in [5.41, 5.74) is 6.64. The number of benzene rings is 7. The van der Waals surface area contributed by atoms with E-state index in [4.69, 9.17) is 8.83 Å². The number of rotatable bonds is 3. The maximum Gasteiger partial charge on any atom is 0.137 e. The third-order valence-electron chi connectivity index (χ3n) is 8.84. The smallest absolute Gasteiger partial charge is 0.137 e. The Labute approximate surface area is 255 Å². The lowest BCUT2D eigenvalue weighted by Crippen LogP contribution is -2.09. The molecular weight excluding hydrogens is 559 g/mol. The van der Waals surface area contributed by atoms with Crippen molar-refractivity contribution < 1.29 is 8.83 Å². The molecule has 3 heterocycles. The van der Waals surface area contributed by atoms with Gasteiger partial charge in [-0.1, -0.05) is 66.7 Å². The second kappa shape index (κ2) is 8.96. The fraction of sp³-hybridized carbons (Fsp3) is 0. The van der Waals surface area contributed by atoms with Gasteiger partial charge in [-0.25, -0.2) is 0 Å². The van der Waals surface area contributed by atoms with Crippen LogP contribution in [0.1, 0.15) is 0 Å². The minimum Gasteiger partial charge on any atom is -0.456 e. The van der Waals surface area contributed by atoms with Gasteiger partial charge in [0.25, 0.3) is 0 Å². The molecule has 10 rings (SSSR count). The molecule has 0 radical (unpaired) electrons. The Bertz CT molecular complexity index is 2630. The first kappa shape index (κ1) is 23.9. The minimum absolute atomic E-state index is 0.866. The van der Waals surface area contributed by atoms with Crippen LogP contribution in [0.25, 0.3) is 74.8 Å². The lowest BCUT2D eigenvalue weighted by molar-refractivity contribution is 0.669. The van der Waals surface area contributed by atoms with Gasteiger partial charge in [0.05, 0.1) is 0 Å². The van der Waals surface area contributed by atoms with Crippen LogP contribution in [0.15, 0.2) is 148 Å². The molecule has 44 heavy (non-hydrogen) atoms. The Morgan fingerprint density at radius 1 is 0.386 bits per heavy atom. The molecule has 0 aliphatic carbocycles. The number of fused-ring (bicyclic) bond motifs is 11. The van der Waals surface area contributed by atoms with Crippen LogP contribution in [-0.4, -0.2) is 0 Å². The summed E-state index contributed by atoms with van der Waals surface area (Å²) in [7, 11) is 0. The molecule has 4 heteroatoms. The quantitative estimate of drug-likeness (QED) is 0.208. The van der Waals surface area contributed by atoms with Crippen molar-refractivity contribution in [3.8, 4) is 0 Å². The Morgan fingerprint density at radius 3 is 1.59 bits per heavy atom. The van der Waals surface area contributed by atoms with Crippen molar-refractivity contribution >= 4 is 103 Å². The number of furan rings is 2.